The molecule has 1 fully saturated rings. The molecule has 0 bridgehead atoms. The highest BCUT2D eigenvalue weighted by Gasteiger charge is 2.26. The van der Waals surface area contributed by atoms with E-state index in [1.165, 1.54) is 0 Å². The number of anilines is 1. The third-order valence-electron chi connectivity index (χ3n) is 3.37. The summed E-state index contributed by atoms with van der Waals surface area (Å²) < 4.78 is 31.1. The van der Waals surface area contributed by atoms with Crippen molar-refractivity contribution in [3.63, 3.8) is 0 Å². The van der Waals surface area contributed by atoms with Crippen molar-refractivity contribution < 1.29 is 17.9 Å². The van der Waals surface area contributed by atoms with Crippen LogP contribution in [0.15, 0.2) is 28.7 Å². The molecule has 0 spiro atoms. The van der Waals surface area contributed by atoms with Gasteiger partial charge in [0.05, 0.1) is 24.6 Å². The number of carbonyl (C=O) groups is 1. The van der Waals surface area contributed by atoms with E-state index in [9.17, 15) is 13.2 Å². The number of nitrogens with zero attached hydrogens (tertiary/aromatic N) is 1. The standard InChI is InChI=1S/C14H19BrN2O4S/c1-22(19,20)17(9-11-5-4-8-21-11)10-14(18)16-13-7-3-2-6-12(13)15/h2-3,6-7,11H,4-5,8-10H2,1H3,(H,16,18). The summed E-state index contributed by atoms with van der Waals surface area (Å²) in [7, 11) is -3.47. The molecule has 2 rings (SSSR count). The second kappa shape index (κ2) is 7.54. The summed E-state index contributed by atoms with van der Waals surface area (Å²) >= 11 is 3.33. The first-order valence-electron chi connectivity index (χ1n) is 6.97. The van der Waals surface area contributed by atoms with Crippen LogP contribution >= 0.6 is 15.9 Å². The van der Waals surface area contributed by atoms with Crippen LogP contribution in [-0.2, 0) is 19.6 Å². The molecule has 1 N–H and O–H groups in total. The molecule has 1 aliphatic rings. The summed E-state index contributed by atoms with van der Waals surface area (Å²) in [5.41, 5.74) is 0.609. The quantitative estimate of drug-likeness (QED) is 0.803. The second-order valence-electron chi connectivity index (χ2n) is 5.22. The van der Waals surface area contributed by atoms with E-state index in [0.29, 0.717) is 12.3 Å². The van der Waals surface area contributed by atoms with Crippen LogP contribution in [0.3, 0.4) is 0 Å². The monoisotopic (exact) mass is 390 g/mol. The normalized spacial score (nSPS) is 18.6. The fourth-order valence-corrected chi connectivity index (χ4v) is 3.42. The fourth-order valence-electron chi connectivity index (χ4n) is 2.25. The first kappa shape index (κ1) is 17.4. The Hall–Kier alpha value is -0.960. The summed E-state index contributed by atoms with van der Waals surface area (Å²) in [5, 5.41) is 2.70. The number of sulfonamides is 1. The zero-order valence-electron chi connectivity index (χ0n) is 12.3. The van der Waals surface area contributed by atoms with Crippen LogP contribution in [0.2, 0.25) is 0 Å². The van der Waals surface area contributed by atoms with Gasteiger partial charge in [0.1, 0.15) is 0 Å². The van der Waals surface area contributed by atoms with Crippen LogP contribution in [0.25, 0.3) is 0 Å². The van der Waals surface area contributed by atoms with Crippen molar-refractivity contribution in [3.05, 3.63) is 28.7 Å². The molecule has 1 aromatic carbocycles. The number of amides is 1. The third kappa shape index (κ3) is 5.05. The van der Waals surface area contributed by atoms with Crippen molar-refractivity contribution in [2.45, 2.75) is 18.9 Å². The van der Waals surface area contributed by atoms with Crippen LogP contribution in [0.4, 0.5) is 5.69 Å². The molecule has 1 aromatic rings. The van der Waals surface area contributed by atoms with E-state index >= 15 is 0 Å². The number of benzene rings is 1. The number of ether oxygens (including phenoxy) is 1. The number of hydrogen-bond donors (Lipinski definition) is 1. The van der Waals surface area contributed by atoms with Crippen molar-refractivity contribution in [1.82, 2.24) is 4.31 Å². The highest BCUT2D eigenvalue weighted by molar-refractivity contribution is 9.10. The average molecular weight is 391 g/mol. The summed E-state index contributed by atoms with van der Waals surface area (Å²) in [6, 6.07) is 7.17. The first-order valence-corrected chi connectivity index (χ1v) is 9.61. The number of rotatable bonds is 6. The smallest absolute Gasteiger partial charge is 0.239 e. The van der Waals surface area contributed by atoms with E-state index in [4.69, 9.17) is 4.74 Å². The molecule has 0 saturated carbocycles. The lowest BCUT2D eigenvalue weighted by Crippen LogP contribution is -2.41. The zero-order valence-corrected chi connectivity index (χ0v) is 14.7. The van der Waals surface area contributed by atoms with Crippen LogP contribution in [-0.4, -0.2) is 50.7 Å². The van der Waals surface area contributed by atoms with Gasteiger partial charge >= 0.3 is 0 Å². The zero-order chi connectivity index (χ0) is 16.2. The number of nitrogens with one attached hydrogen (secondary N) is 1. The lowest BCUT2D eigenvalue weighted by atomic mass is 10.2. The topological polar surface area (TPSA) is 75.7 Å². The maximum absolute atomic E-state index is 12.1. The Morgan fingerprint density at radius 3 is 2.77 bits per heavy atom. The van der Waals surface area contributed by atoms with Crippen LogP contribution in [0.5, 0.6) is 0 Å². The Kier molecular flexibility index (Phi) is 5.96. The SMILES string of the molecule is CS(=O)(=O)N(CC(=O)Nc1ccccc1Br)CC1CCCO1. The molecular weight excluding hydrogens is 372 g/mol. The maximum Gasteiger partial charge on any atom is 0.239 e. The molecule has 1 aliphatic heterocycles. The highest BCUT2D eigenvalue weighted by atomic mass is 79.9. The molecule has 1 heterocycles. The van der Waals surface area contributed by atoms with Gasteiger partial charge in [0.25, 0.3) is 0 Å². The molecule has 1 unspecified atom stereocenters. The summed E-state index contributed by atoms with van der Waals surface area (Å²) in [5.74, 6) is -0.379. The maximum atomic E-state index is 12.1. The summed E-state index contributed by atoms with van der Waals surface area (Å²) in [4.78, 5) is 12.1. The van der Waals surface area contributed by atoms with Crippen molar-refractivity contribution in [3.8, 4) is 0 Å². The molecule has 0 radical (unpaired) electrons. The largest absolute Gasteiger partial charge is 0.377 e. The molecule has 0 aromatic heterocycles. The van der Waals surface area contributed by atoms with Gasteiger partial charge in [0.15, 0.2) is 0 Å². The van der Waals surface area contributed by atoms with Gasteiger partial charge in [-0.3, -0.25) is 4.79 Å². The molecule has 22 heavy (non-hydrogen) atoms. The van der Waals surface area contributed by atoms with E-state index in [2.05, 4.69) is 21.2 Å². The van der Waals surface area contributed by atoms with Crippen LogP contribution in [0.1, 0.15) is 12.8 Å². The number of halogens is 1. The predicted molar refractivity (Wildman–Crippen MR) is 88.2 cm³/mol. The van der Waals surface area contributed by atoms with Crippen molar-refractivity contribution in [2.75, 3.05) is 31.3 Å². The van der Waals surface area contributed by atoms with E-state index in [0.717, 1.165) is 27.9 Å². The van der Waals surface area contributed by atoms with Gasteiger partial charge in [-0.05, 0) is 40.9 Å². The Morgan fingerprint density at radius 1 is 1.45 bits per heavy atom. The van der Waals surface area contributed by atoms with Gasteiger partial charge in [-0.25, -0.2) is 8.42 Å². The van der Waals surface area contributed by atoms with Gasteiger partial charge in [0.2, 0.25) is 15.9 Å². The number of carbonyl (C=O) groups excluding carboxylic acids is 1. The van der Waals surface area contributed by atoms with Gasteiger partial charge in [-0.2, -0.15) is 4.31 Å². The van der Waals surface area contributed by atoms with E-state index in [1.807, 2.05) is 6.07 Å². The molecule has 6 nitrogen and oxygen atoms in total. The lowest BCUT2D eigenvalue weighted by molar-refractivity contribution is -0.116. The van der Waals surface area contributed by atoms with Gasteiger partial charge < -0.3 is 10.1 Å². The average Bonchev–Trinajstić information content (AvgIpc) is 2.92. The number of hydrogen-bond acceptors (Lipinski definition) is 4. The molecule has 0 aliphatic carbocycles. The van der Waals surface area contributed by atoms with Crippen LogP contribution < -0.4 is 5.32 Å². The Morgan fingerprint density at radius 2 is 2.18 bits per heavy atom. The predicted octanol–water partition coefficient (Wildman–Crippen LogP) is 1.83. The molecule has 122 valence electrons. The molecule has 8 heteroatoms. The van der Waals surface area contributed by atoms with Crippen molar-refractivity contribution in [1.29, 1.82) is 0 Å². The minimum Gasteiger partial charge on any atom is -0.377 e. The fraction of sp³-hybridized carbons (Fsp3) is 0.500. The molecule has 1 saturated heterocycles. The third-order valence-corrected chi connectivity index (χ3v) is 5.28. The van der Waals surface area contributed by atoms with E-state index < -0.39 is 10.0 Å². The Bertz CT molecular complexity index is 629. The van der Waals surface area contributed by atoms with E-state index in [-0.39, 0.29) is 25.1 Å². The van der Waals surface area contributed by atoms with Gasteiger partial charge in [0, 0.05) is 17.6 Å². The van der Waals surface area contributed by atoms with E-state index in [1.54, 1.807) is 18.2 Å². The number of para-hydroxylation sites is 1. The van der Waals surface area contributed by atoms with Gasteiger partial charge in [-0.1, -0.05) is 12.1 Å². The molecule has 1 amide bonds. The summed E-state index contributed by atoms with van der Waals surface area (Å²) in [6.07, 6.45) is 2.71. The van der Waals surface area contributed by atoms with Gasteiger partial charge in [-0.15, -0.1) is 0 Å². The second-order valence-corrected chi connectivity index (χ2v) is 8.06. The van der Waals surface area contributed by atoms with Crippen molar-refractivity contribution >= 4 is 37.5 Å². The first-order chi connectivity index (χ1) is 10.4. The minimum absolute atomic E-state index is 0.133. The molecular formula is C14H19BrN2O4S. The highest BCUT2D eigenvalue weighted by Crippen LogP contribution is 2.21. The Labute approximate surface area is 139 Å². The van der Waals surface area contributed by atoms with Crippen molar-refractivity contribution in [2.24, 2.45) is 0 Å². The Balaban J connectivity index is 2.00. The summed E-state index contributed by atoms with van der Waals surface area (Å²) in [6.45, 7) is 0.633. The minimum atomic E-state index is -3.47. The lowest BCUT2D eigenvalue weighted by Gasteiger charge is -2.22. The van der Waals surface area contributed by atoms with Crippen LogP contribution in [0, 0.1) is 0 Å². The molecule has 1 atom stereocenters.